The number of likely N-dealkylation sites (tertiary alicyclic amines) is 1. The number of rotatable bonds is 6. The number of nitrogens with zero attached hydrogens (tertiary/aromatic N) is 2. The van der Waals surface area contributed by atoms with Crippen molar-refractivity contribution >= 4 is 34.9 Å². The molecule has 2 aliphatic rings. The van der Waals surface area contributed by atoms with Crippen molar-refractivity contribution in [3.05, 3.63) is 28.7 Å². The first-order chi connectivity index (χ1) is 13.9. The zero-order valence-electron chi connectivity index (χ0n) is 17.0. The minimum Gasteiger partial charge on any atom is -0.493 e. The number of piperidine rings is 1. The van der Waals surface area contributed by atoms with Crippen LogP contribution in [0.5, 0.6) is 11.5 Å². The van der Waals surface area contributed by atoms with Gasteiger partial charge in [-0.15, -0.1) is 0 Å². The summed E-state index contributed by atoms with van der Waals surface area (Å²) < 4.78 is 10.8. The van der Waals surface area contributed by atoms with Gasteiger partial charge in [0.2, 0.25) is 5.91 Å². The molecule has 8 heteroatoms. The zero-order valence-corrected chi connectivity index (χ0v) is 17.8. The van der Waals surface area contributed by atoms with Crippen LogP contribution in [-0.4, -0.2) is 59.7 Å². The molecule has 1 aromatic rings. The number of carbonyl (C=O) groups excluding carboxylic acids is 3. The number of thioether (sulfide) groups is 1. The lowest BCUT2D eigenvalue weighted by atomic mass is 10.0. The lowest BCUT2D eigenvalue weighted by molar-refractivity contribution is -0.138. The first-order valence-corrected chi connectivity index (χ1v) is 10.6. The van der Waals surface area contributed by atoms with E-state index in [1.165, 1.54) is 0 Å². The first kappa shape index (κ1) is 21.2. The van der Waals surface area contributed by atoms with E-state index in [-0.39, 0.29) is 18.5 Å². The van der Waals surface area contributed by atoms with E-state index in [0.29, 0.717) is 35.1 Å². The molecule has 1 atom stereocenters. The fraction of sp³-hybridized carbons (Fsp3) is 0.476. The average Bonchev–Trinajstić information content (AvgIpc) is 2.97. The quantitative estimate of drug-likeness (QED) is 0.658. The molecule has 2 aliphatic heterocycles. The fourth-order valence-electron chi connectivity index (χ4n) is 3.53. The second-order valence-electron chi connectivity index (χ2n) is 7.04. The van der Waals surface area contributed by atoms with E-state index in [0.717, 1.165) is 35.9 Å². The summed E-state index contributed by atoms with van der Waals surface area (Å²) in [7, 11) is 1.54. The summed E-state index contributed by atoms with van der Waals surface area (Å²) in [5.74, 6) is 0.546. The molecule has 156 valence electrons. The number of amides is 3. The Bertz CT molecular complexity index is 838. The molecule has 2 saturated heterocycles. The lowest BCUT2D eigenvalue weighted by Crippen LogP contribution is -2.47. The van der Waals surface area contributed by atoms with E-state index in [9.17, 15) is 14.4 Å². The molecule has 0 unspecified atom stereocenters. The van der Waals surface area contributed by atoms with Crippen LogP contribution < -0.4 is 9.47 Å². The molecule has 0 saturated carbocycles. The maximum Gasteiger partial charge on any atom is 0.294 e. The molecular formula is C21H26N2O5S. The Balaban J connectivity index is 1.73. The highest BCUT2D eigenvalue weighted by atomic mass is 32.2. The third kappa shape index (κ3) is 4.75. The van der Waals surface area contributed by atoms with E-state index in [2.05, 4.69) is 0 Å². The van der Waals surface area contributed by atoms with Gasteiger partial charge in [0.05, 0.1) is 18.6 Å². The molecule has 2 heterocycles. The third-order valence-corrected chi connectivity index (χ3v) is 5.98. The summed E-state index contributed by atoms with van der Waals surface area (Å²) in [5, 5.41) is -0.419. The second-order valence-corrected chi connectivity index (χ2v) is 8.04. The summed E-state index contributed by atoms with van der Waals surface area (Å²) in [6.45, 7) is 4.87. The van der Waals surface area contributed by atoms with Crippen LogP contribution >= 0.6 is 11.8 Å². The fourth-order valence-corrected chi connectivity index (χ4v) is 4.37. The third-order valence-electron chi connectivity index (χ3n) is 5.08. The van der Waals surface area contributed by atoms with Crippen molar-refractivity contribution in [3.63, 3.8) is 0 Å². The Morgan fingerprint density at radius 1 is 1.28 bits per heavy atom. The minimum absolute atomic E-state index is 0.142. The van der Waals surface area contributed by atoms with E-state index in [1.807, 2.05) is 13.8 Å². The number of methoxy groups -OCH3 is 1. The van der Waals surface area contributed by atoms with Crippen LogP contribution in [0.1, 0.15) is 38.7 Å². The van der Waals surface area contributed by atoms with Crippen LogP contribution in [0, 0.1) is 0 Å². The summed E-state index contributed by atoms with van der Waals surface area (Å²) in [4.78, 5) is 40.8. The van der Waals surface area contributed by atoms with Crippen LogP contribution in [-0.2, 0) is 9.59 Å². The highest BCUT2D eigenvalue weighted by Gasteiger charge is 2.37. The number of benzene rings is 1. The van der Waals surface area contributed by atoms with E-state index in [4.69, 9.17) is 9.47 Å². The zero-order chi connectivity index (χ0) is 21.0. The summed E-state index contributed by atoms with van der Waals surface area (Å²) in [6.07, 6.45) is 4.64. The van der Waals surface area contributed by atoms with Crippen molar-refractivity contribution in [2.45, 2.75) is 39.2 Å². The standard InChI is InChI=1S/C21H26N2O5S/c1-4-28-16-9-8-15(11-17(16)27-3)12-18-20(25)23(21(26)29-18)13-19(24)22-10-6-5-7-14(22)2/h8-9,11-12,14H,4-7,10,13H2,1-3H3/b18-12-/t14-/m0/s1. The summed E-state index contributed by atoms with van der Waals surface area (Å²) in [5.41, 5.74) is 0.715. The molecule has 0 radical (unpaired) electrons. The average molecular weight is 419 g/mol. The largest absolute Gasteiger partial charge is 0.493 e. The number of ether oxygens (including phenoxy) is 2. The van der Waals surface area contributed by atoms with Gasteiger partial charge in [0.25, 0.3) is 11.1 Å². The molecule has 0 N–H and O–H groups in total. The maximum atomic E-state index is 12.7. The number of hydrogen-bond acceptors (Lipinski definition) is 6. The van der Waals surface area contributed by atoms with Crippen molar-refractivity contribution in [2.75, 3.05) is 26.8 Å². The number of carbonyl (C=O) groups is 3. The normalized spacial score (nSPS) is 21.1. The predicted octanol–water partition coefficient (Wildman–Crippen LogP) is 3.53. The number of hydrogen-bond donors (Lipinski definition) is 0. The van der Waals surface area contributed by atoms with Crippen LogP contribution in [0.25, 0.3) is 6.08 Å². The van der Waals surface area contributed by atoms with Crippen LogP contribution in [0.15, 0.2) is 23.1 Å². The van der Waals surface area contributed by atoms with Crippen molar-refractivity contribution in [1.82, 2.24) is 9.80 Å². The van der Waals surface area contributed by atoms with Gasteiger partial charge in [-0.25, -0.2) is 0 Å². The van der Waals surface area contributed by atoms with Crippen molar-refractivity contribution in [3.8, 4) is 11.5 Å². The highest BCUT2D eigenvalue weighted by Crippen LogP contribution is 2.34. The summed E-state index contributed by atoms with van der Waals surface area (Å²) in [6, 6.07) is 5.45. The molecule has 0 aromatic heterocycles. The van der Waals surface area contributed by atoms with Gasteiger partial charge in [-0.05, 0) is 68.6 Å². The Hall–Kier alpha value is -2.48. The van der Waals surface area contributed by atoms with Gasteiger partial charge in [-0.1, -0.05) is 6.07 Å². The molecule has 2 fully saturated rings. The minimum atomic E-state index is -0.439. The van der Waals surface area contributed by atoms with Crippen molar-refractivity contribution in [1.29, 1.82) is 0 Å². The van der Waals surface area contributed by atoms with Gasteiger partial charge in [0.15, 0.2) is 11.5 Å². The Morgan fingerprint density at radius 3 is 2.76 bits per heavy atom. The Morgan fingerprint density at radius 2 is 2.07 bits per heavy atom. The molecule has 0 bridgehead atoms. The Labute approximate surface area is 175 Å². The highest BCUT2D eigenvalue weighted by molar-refractivity contribution is 8.18. The van der Waals surface area contributed by atoms with Crippen LogP contribution in [0.2, 0.25) is 0 Å². The Kier molecular flexibility index (Phi) is 6.84. The molecule has 0 aliphatic carbocycles. The lowest BCUT2D eigenvalue weighted by Gasteiger charge is -2.34. The molecule has 29 heavy (non-hydrogen) atoms. The SMILES string of the molecule is CCOc1ccc(/C=C2\SC(=O)N(CC(=O)N3CCCC[C@@H]3C)C2=O)cc1OC. The molecule has 7 nitrogen and oxygen atoms in total. The van der Waals surface area contributed by atoms with Gasteiger partial charge in [-0.3, -0.25) is 19.3 Å². The first-order valence-electron chi connectivity index (χ1n) is 9.80. The molecular weight excluding hydrogens is 392 g/mol. The van der Waals surface area contributed by atoms with Crippen molar-refractivity contribution < 1.29 is 23.9 Å². The van der Waals surface area contributed by atoms with Crippen LogP contribution in [0.3, 0.4) is 0 Å². The molecule has 3 rings (SSSR count). The molecule has 0 spiro atoms. The van der Waals surface area contributed by atoms with E-state index in [1.54, 1.807) is 36.3 Å². The topological polar surface area (TPSA) is 76.2 Å². The summed E-state index contributed by atoms with van der Waals surface area (Å²) >= 11 is 0.850. The van der Waals surface area contributed by atoms with Gasteiger partial charge in [0.1, 0.15) is 6.54 Å². The smallest absolute Gasteiger partial charge is 0.294 e. The van der Waals surface area contributed by atoms with Crippen LogP contribution in [0.4, 0.5) is 4.79 Å². The molecule has 1 aromatic carbocycles. The molecule has 3 amide bonds. The van der Waals surface area contributed by atoms with Gasteiger partial charge in [-0.2, -0.15) is 0 Å². The van der Waals surface area contributed by atoms with Crippen molar-refractivity contribution in [2.24, 2.45) is 0 Å². The predicted molar refractivity (Wildman–Crippen MR) is 112 cm³/mol. The monoisotopic (exact) mass is 418 g/mol. The maximum absolute atomic E-state index is 12.7. The van der Waals surface area contributed by atoms with E-state index < -0.39 is 11.1 Å². The van der Waals surface area contributed by atoms with Gasteiger partial charge < -0.3 is 14.4 Å². The number of imide groups is 1. The van der Waals surface area contributed by atoms with Gasteiger partial charge in [0, 0.05) is 12.6 Å². The van der Waals surface area contributed by atoms with Gasteiger partial charge >= 0.3 is 0 Å². The second kappa shape index (κ2) is 9.35. The van der Waals surface area contributed by atoms with E-state index >= 15 is 0 Å².